The van der Waals surface area contributed by atoms with Gasteiger partial charge < -0.3 is 18.9 Å². The zero-order valence-corrected chi connectivity index (χ0v) is 17.1. The van der Waals surface area contributed by atoms with Gasteiger partial charge >= 0.3 is 12.7 Å². The van der Waals surface area contributed by atoms with Crippen LogP contribution < -0.4 is 9.47 Å². The number of benzene rings is 2. The molecule has 0 N–H and O–H groups in total. The van der Waals surface area contributed by atoms with Crippen molar-refractivity contribution in [1.82, 2.24) is 15.0 Å². The van der Waals surface area contributed by atoms with Crippen LogP contribution in [-0.2, 0) is 11.3 Å². The largest absolute Gasteiger partial charge is 0.573 e. The van der Waals surface area contributed by atoms with Gasteiger partial charge in [-0.25, -0.2) is 0 Å². The highest BCUT2D eigenvalue weighted by atomic mass is 19.4. The summed E-state index contributed by atoms with van der Waals surface area (Å²) in [5.41, 5.74) is 0.940. The highest BCUT2D eigenvalue weighted by Crippen LogP contribution is 2.35. The number of hydrogen-bond donors (Lipinski definition) is 0. The third-order valence-corrected chi connectivity index (χ3v) is 4.91. The standard InChI is InChI=1S/C21H15F6N3O4/c22-20(23,24)32-14-5-1-12(2-6-14)11-30-16(9-10-17(30)31)19-28-18(29-34-19)13-3-7-15(8-4-13)33-21(25,26)27/h1-8,16H,9-11H2. The molecule has 0 spiro atoms. The summed E-state index contributed by atoms with van der Waals surface area (Å²) in [5, 5.41) is 3.84. The van der Waals surface area contributed by atoms with Gasteiger partial charge in [-0.05, 0) is 48.4 Å². The van der Waals surface area contributed by atoms with E-state index in [2.05, 4.69) is 19.6 Å². The van der Waals surface area contributed by atoms with E-state index in [-0.39, 0.29) is 36.3 Å². The fourth-order valence-electron chi connectivity index (χ4n) is 3.48. The SMILES string of the molecule is O=C1CCC(c2nc(-c3ccc(OC(F)(F)F)cc3)no2)N1Cc1ccc(OC(F)(F)F)cc1. The van der Waals surface area contributed by atoms with Crippen LogP contribution in [0.2, 0.25) is 0 Å². The molecule has 7 nitrogen and oxygen atoms in total. The molecular weight excluding hydrogens is 472 g/mol. The smallest absolute Gasteiger partial charge is 0.406 e. The number of carbonyl (C=O) groups is 1. The van der Waals surface area contributed by atoms with E-state index in [1.54, 1.807) is 0 Å². The van der Waals surface area contributed by atoms with Crippen molar-refractivity contribution < 1.29 is 45.1 Å². The molecule has 1 aromatic heterocycles. The van der Waals surface area contributed by atoms with E-state index < -0.39 is 24.5 Å². The lowest BCUT2D eigenvalue weighted by atomic mass is 10.1. The Kier molecular flexibility index (Phi) is 6.11. The lowest BCUT2D eigenvalue weighted by Gasteiger charge is -2.22. The highest BCUT2D eigenvalue weighted by molar-refractivity contribution is 5.78. The molecule has 0 radical (unpaired) electrons. The van der Waals surface area contributed by atoms with Crippen molar-refractivity contribution in [3.05, 3.63) is 60.0 Å². The second-order valence-corrected chi connectivity index (χ2v) is 7.30. The molecule has 1 amide bonds. The molecule has 34 heavy (non-hydrogen) atoms. The van der Waals surface area contributed by atoms with Crippen molar-refractivity contribution in [2.45, 2.75) is 38.2 Å². The normalized spacial score (nSPS) is 16.7. The second-order valence-electron chi connectivity index (χ2n) is 7.30. The number of amides is 1. The molecule has 1 unspecified atom stereocenters. The van der Waals surface area contributed by atoms with Gasteiger partial charge in [-0.2, -0.15) is 4.98 Å². The number of carbonyl (C=O) groups excluding carboxylic acids is 1. The predicted molar refractivity (Wildman–Crippen MR) is 102 cm³/mol. The van der Waals surface area contributed by atoms with Crippen molar-refractivity contribution in [3.63, 3.8) is 0 Å². The Balaban J connectivity index is 1.46. The first-order valence-electron chi connectivity index (χ1n) is 9.81. The molecule has 0 aliphatic carbocycles. The van der Waals surface area contributed by atoms with Crippen molar-refractivity contribution >= 4 is 5.91 Å². The summed E-state index contributed by atoms with van der Waals surface area (Å²) in [4.78, 5) is 18.1. The summed E-state index contributed by atoms with van der Waals surface area (Å²) in [5.74, 6) is -0.739. The number of hydrogen-bond acceptors (Lipinski definition) is 6. The Morgan fingerprint density at radius 1 is 0.912 bits per heavy atom. The van der Waals surface area contributed by atoms with Gasteiger partial charge in [-0.15, -0.1) is 26.3 Å². The summed E-state index contributed by atoms with van der Waals surface area (Å²) in [6.45, 7) is 0.0942. The Bertz CT molecular complexity index is 1140. The van der Waals surface area contributed by atoms with Gasteiger partial charge in [-0.3, -0.25) is 4.79 Å². The lowest BCUT2D eigenvalue weighted by molar-refractivity contribution is -0.275. The first kappa shape index (κ1) is 23.4. The Morgan fingerprint density at radius 2 is 1.47 bits per heavy atom. The third kappa shape index (κ3) is 5.77. The van der Waals surface area contributed by atoms with Gasteiger partial charge in [-0.1, -0.05) is 17.3 Å². The summed E-state index contributed by atoms with van der Waals surface area (Å²) in [6.07, 6.45) is -9.03. The zero-order valence-electron chi connectivity index (χ0n) is 17.1. The van der Waals surface area contributed by atoms with Crippen LogP contribution in [0.4, 0.5) is 26.3 Å². The van der Waals surface area contributed by atoms with Crippen LogP contribution in [0.15, 0.2) is 53.1 Å². The van der Waals surface area contributed by atoms with E-state index in [1.165, 1.54) is 29.2 Å². The molecule has 4 rings (SSSR count). The molecule has 1 atom stereocenters. The summed E-state index contributed by atoms with van der Waals surface area (Å²) in [6, 6.07) is 9.43. The number of ether oxygens (including phenoxy) is 2. The maximum absolute atomic E-state index is 12.4. The van der Waals surface area contributed by atoms with E-state index >= 15 is 0 Å². The fraction of sp³-hybridized carbons (Fsp3) is 0.286. The number of aromatic nitrogens is 2. The molecule has 13 heteroatoms. The second kappa shape index (κ2) is 8.88. The minimum atomic E-state index is -4.81. The first-order valence-corrected chi connectivity index (χ1v) is 9.81. The molecule has 1 aliphatic heterocycles. The van der Waals surface area contributed by atoms with Gasteiger partial charge in [0, 0.05) is 18.5 Å². The number of rotatable bonds is 6. The van der Waals surface area contributed by atoms with E-state index in [0.29, 0.717) is 17.5 Å². The molecule has 1 aliphatic rings. The van der Waals surface area contributed by atoms with Crippen molar-refractivity contribution in [2.24, 2.45) is 0 Å². The van der Waals surface area contributed by atoms with Crippen molar-refractivity contribution in [1.29, 1.82) is 0 Å². The molecule has 1 saturated heterocycles. The molecule has 0 bridgehead atoms. The van der Waals surface area contributed by atoms with Gasteiger partial charge in [0.25, 0.3) is 0 Å². The topological polar surface area (TPSA) is 77.7 Å². The van der Waals surface area contributed by atoms with Crippen LogP contribution in [0.3, 0.4) is 0 Å². The zero-order chi connectivity index (χ0) is 24.5. The molecule has 1 fully saturated rings. The Hall–Kier alpha value is -3.77. The third-order valence-electron chi connectivity index (χ3n) is 4.91. The maximum atomic E-state index is 12.4. The average Bonchev–Trinajstić information content (AvgIpc) is 3.35. The minimum Gasteiger partial charge on any atom is -0.406 e. The lowest BCUT2D eigenvalue weighted by Crippen LogP contribution is -2.27. The van der Waals surface area contributed by atoms with Crippen LogP contribution in [0.5, 0.6) is 11.5 Å². The van der Waals surface area contributed by atoms with E-state index in [9.17, 15) is 31.1 Å². The minimum absolute atomic E-state index is 0.0942. The van der Waals surface area contributed by atoms with Crippen LogP contribution in [-0.4, -0.2) is 33.7 Å². The Morgan fingerprint density at radius 3 is 2.03 bits per heavy atom. The van der Waals surface area contributed by atoms with Crippen molar-refractivity contribution in [2.75, 3.05) is 0 Å². The van der Waals surface area contributed by atoms with Gasteiger partial charge in [0.15, 0.2) is 0 Å². The number of alkyl halides is 6. The number of nitrogens with zero attached hydrogens (tertiary/aromatic N) is 3. The van der Waals surface area contributed by atoms with Gasteiger partial charge in [0.2, 0.25) is 17.6 Å². The molecule has 2 heterocycles. The number of halogens is 6. The molecule has 0 saturated carbocycles. The Labute approximate surface area is 187 Å². The van der Waals surface area contributed by atoms with Crippen LogP contribution in [0, 0.1) is 0 Å². The van der Waals surface area contributed by atoms with Crippen LogP contribution >= 0.6 is 0 Å². The van der Waals surface area contributed by atoms with Crippen LogP contribution in [0.1, 0.15) is 30.3 Å². The number of likely N-dealkylation sites (tertiary alicyclic amines) is 1. The summed E-state index contributed by atoms with van der Waals surface area (Å²) < 4.78 is 86.8. The quantitative estimate of drug-likeness (QED) is 0.434. The van der Waals surface area contributed by atoms with Crippen LogP contribution in [0.25, 0.3) is 11.4 Å². The first-order chi connectivity index (χ1) is 16.0. The summed E-state index contributed by atoms with van der Waals surface area (Å²) >= 11 is 0. The highest BCUT2D eigenvalue weighted by Gasteiger charge is 2.36. The molecular formula is C21H15F6N3O4. The average molecular weight is 487 g/mol. The van der Waals surface area contributed by atoms with Crippen molar-refractivity contribution in [3.8, 4) is 22.9 Å². The molecule has 3 aromatic rings. The van der Waals surface area contributed by atoms with E-state index in [1.807, 2.05) is 0 Å². The fourth-order valence-corrected chi connectivity index (χ4v) is 3.48. The van der Waals surface area contributed by atoms with Gasteiger partial charge in [0.05, 0.1) is 0 Å². The maximum Gasteiger partial charge on any atom is 0.573 e. The monoisotopic (exact) mass is 487 g/mol. The van der Waals surface area contributed by atoms with Gasteiger partial charge in [0.1, 0.15) is 17.5 Å². The van der Waals surface area contributed by atoms with E-state index in [4.69, 9.17) is 4.52 Å². The summed E-state index contributed by atoms with van der Waals surface area (Å²) in [7, 11) is 0. The van der Waals surface area contributed by atoms with E-state index in [0.717, 1.165) is 24.3 Å². The molecule has 2 aromatic carbocycles. The molecule has 180 valence electrons. The predicted octanol–water partition coefficient (Wildman–Crippen LogP) is 5.40.